The largest absolute Gasteiger partial charge is 0.462 e. The van der Waals surface area contributed by atoms with Crippen molar-refractivity contribution in [1.82, 2.24) is 0 Å². The van der Waals surface area contributed by atoms with E-state index < -0.39 is 24.2 Å². The molecule has 0 amide bonds. The van der Waals surface area contributed by atoms with Crippen molar-refractivity contribution in [2.24, 2.45) is 0 Å². The molecule has 0 aliphatic heterocycles. The molecular formula is C7H11ClF2O2. The van der Waals surface area contributed by atoms with Gasteiger partial charge in [0.2, 0.25) is 0 Å². The lowest BCUT2D eigenvalue weighted by Gasteiger charge is -2.17. The molecule has 0 aliphatic carbocycles. The molecule has 0 saturated heterocycles. The van der Waals surface area contributed by atoms with Crippen LogP contribution in [0.15, 0.2) is 0 Å². The molecule has 0 aliphatic rings. The number of rotatable bonds is 5. The fourth-order valence-corrected chi connectivity index (χ4v) is 0.687. The van der Waals surface area contributed by atoms with Crippen LogP contribution in [-0.4, -0.2) is 30.8 Å². The van der Waals surface area contributed by atoms with Crippen LogP contribution in [0.2, 0.25) is 0 Å². The van der Waals surface area contributed by atoms with Gasteiger partial charge in [0.15, 0.2) is 0 Å². The van der Waals surface area contributed by atoms with E-state index in [4.69, 9.17) is 11.6 Å². The minimum Gasteiger partial charge on any atom is -0.462 e. The molecule has 0 aromatic rings. The van der Waals surface area contributed by atoms with Gasteiger partial charge in [0.1, 0.15) is 18.2 Å². The minimum atomic E-state index is -1.37. The standard InChI is InChI=1S/C7H11ClF2O2/c1-7(8,2-3-9)6(11)12-5-4-10/h2-5H2,1H3. The first-order valence-corrected chi connectivity index (χ1v) is 3.90. The molecule has 0 bridgehead atoms. The Labute approximate surface area is 74.8 Å². The summed E-state index contributed by atoms with van der Waals surface area (Å²) in [7, 11) is 0. The van der Waals surface area contributed by atoms with Crippen LogP contribution in [0.3, 0.4) is 0 Å². The zero-order valence-electron chi connectivity index (χ0n) is 6.78. The molecule has 0 fully saturated rings. The number of alkyl halides is 3. The Morgan fingerprint density at radius 2 is 2.08 bits per heavy atom. The minimum absolute atomic E-state index is 0.125. The number of ether oxygens (including phenoxy) is 1. The Morgan fingerprint density at radius 1 is 1.50 bits per heavy atom. The first kappa shape index (κ1) is 11.6. The van der Waals surface area contributed by atoms with Crippen LogP contribution in [0.5, 0.6) is 0 Å². The molecule has 72 valence electrons. The summed E-state index contributed by atoms with van der Waals surface area (Å²) in [6.07, 6.45) is -0.125. The van der Waals surface area contributed by atoms with Gasteiger partial charge in [-0.15, -0.1) is 11.6 Å². The monoisotopic (exact) mass is 200 g/mol. The van der Waals surface area contributed by atoms with Gasteiger partial charge in [0.05, 0.1) is 6.67 Å². The van der Waals surface area contributed by atoms with Gasteiger partial charge in [0.25, 0.3) is 0 Å². The van der Waals surface area contributed by atoms with Gasteiger partial charge in [-0.25, -0.2) is 4.39 Å². The van der Waals surface area contributed by atoms with Gasteiger partial charge in [-0.2, -0.15) is 0 Å². The average Bonchev–Trinajstić information content (AvgIpc) is 2.00. The number of halogens is 3. The summed E-state index contributed by atoms with van der Waals surface area (Å²) in [4.78, 5) is 9.56. The van der Waals surface area contributed by atoms with E-state index in [-0.39, 0.29) is 13.0 Å². The van der Waals surface area contributed by atoms with E-state index in [0.29, 0.717) is 0 Å². The molecule has 5 heteroatoms. The van der Waals surface area contributed by atoms with Crippen molar-refractivity contribution in [3.63, 3.8) is 0 Å². The Kier molecular flexibility index (Phi) is 5.13. The quantitative estimate of drug-likeness (QED) is 0.500. The molecule has 0 aromatic heterocycles. The lowest BCUT2D eigenvalue weighted by atomic mass is 10.1. The lowest BCUT2D eigenvalue weighted by Crippen LogP contribution is -2.32. The topological polar surface area (TPSA) is 26.3 Å². The Morgan fingerprint density at radius 3 is 2.50 bits per heavy atom. The summed E-state index contributed by atoms with van der Waals surface area (Å²) in [5.74, 6) is -0.778. The van der Waals surface area contributed by atoms with Crippen molar-refractivity contribution in [1.29, 1.82) is 0 Å². The van der Waals surface area contributed by atoms with Gasteiger partial charge >= 0.3 is 5.97 Å². The Hall–Kier alpha value is -0.380. The van der Waals surface area contributed by atoms with Gasteiger partial charge in [0, 0.05) is 6.42 Å². The summed E-state index contributed by atoms with van der Waals surface area (Å²) in [5.41, 5.74) is 0. The molecule has 0 N–H and O–H groups in total. The van der Waals surface area contributed by atoms with Crippen molar-refractivity contribution in [3.8, 4) is 0 Å². The van der Waals surface area contributed by atoms with E-state index in [9.17, 15) is 13.6 Å². The van der Waals surface area contributed by atoms with Crippen molar-refractivity contribution >= 4 is 17.6 Å². The third-order valence-electron chi connectivity index (χ3n) is 1.30. The van der Waals surface area contributed by atoms with E-state index in [1.165, 1.54) is 6.92 Å². The van der Waals surface area contributed by atoms with Crippen LogP contribution in [0.1, 0.15) is 13.3 Å². The van der Waals surface area contributed by atoms with Crippen molar-refractivity contribution in [2.45, 2.75) is 18.2 Å². The Balaban J connectivity index is 3.88. The fraction of sp³-hybridized carbons (Fsp3) is 0.857. The molecule has 1 unspecified atom stereocenters. The summed E-state index contributed by atoms with van der Waals surface area (Å²) >= 11 is 5.59. The molecule has 0 aromatic carbocycles. The van der Waals surface area contributed by atoms with Crippen molar-refractivity contribution < 1.29 is 18.3 Å². The fourth-order valence-electron chi connectivity index (χ4n) is 0.561. The van der Waals surface area contributed by atoms with Crippen LogP contribution in [0.4, 0.5) is 8.78 Å². The second kappa shape index (κ2) is 5.30. The maximum atomic E-state index is 11.8. The predicted octanol–water partition coefficient (Wildman–Crippen LogP) is 1.86. The van der Waals surface area contributed by atoms with Crippen molar-refractivity contribution in [3.05, 3.63) is 0 Å². The zero-order chi connectivity index (χ0) is 9.61. The highest BCUT2D eigenvalue weighted by molar-refractivity contribution is 6.33. The molecular weight excluding hydrogens is 190 g/mol. The van der Waals surface area contributed by atoms with E-state index >= 15 is 0 Å². The number of hydrogen-bond donors (Lipinski definition) is 0. The summed E-state index contributed by atoms with van der Waals surface area (Å²) in [6, 6.07) is 0. The van der Waals surface area contributed by atoms with Crippen LogP contribution in [-0.2, 0) is 9.53 Å². The summed E-state index contributed by atoms with van der Waals surface area (Å²) in [6.45, 7) is -0.443. The van der Waals surface area contributed by atoms with Crippen LogP contribution in [0.25, 0.3) is 0 Å². The third-order valence-corrected chi connectivity index (χ3v) is 1.64. The van der Waals surface area contributed by atoms with Crippen molar-refractivity contribution in [2.75, 3.05) is 20.0 Å². The van der Waals surface area contributed by atoms with Gasteiger partial charge < -0.3 is 4.74 Å². The summed E-state index contributed by atoms with van der Waals surface area (Å²) < 4.78 is 27.7. The average molecular weight is 201 g/mol. The number of esters is 1. The smallest absolute Gasteiger partial charge is 0.327 e. The predicted molar refractivity (Wildman–Crippen MR) is 41.8 cm³/mol. The molecule has 1 atom stereocenters. The lowest BCUT2D eigenvalue weighted by molar-refractivity contribution is -0.147. The highest BCUT2D eigenvalue weighted by atomic mass is 35.5. The molecule has 12 heavy (non-hydrogen) atoms. The molecule has 0 spiro atoms. The molecule has 0 saturated carbocycles. The third kappa shape index (κ3) is 3.85. The van der Waals surface area contributed by atoms with E-state index in [0.717, 1.165) is 0 Å². The second-order valence-electron chi connectivity index (χ2n) is 2.46. The normalized spacial score (nSPS) is 15.3. The highest BCUT2D eigenvalue weighted by Gasteiger charge is 2.31. The first-order valence-electron chi connectivity index (χ1n) is 3.52. The van der Waals surface area contributed by atoms with Gasteiger partial charge in [-0.1, -0.05) is 0 Å². The molecule has 2 nitrogen and oxygen atoms in total. The van der Waals surface area contributed by atoms with E-state index in [1.807, 2.05) is 0 Å². The SMILES string of the molecule is CC(Cl)(CCF)C(=O)OCCF. The maximum Gasteiger partial charge on any atom is 0.327 e. The number of carbonyl (C=O) groups is 1. The van der Waals surface area contributed by atoms with Gasteiger partial charge in [-0.05, 0) is 6.92 Å². The molecule has 0 heterocycles. The zero-order valence-corrected chi connectivity index (χ0v) is 7.53. The molecule has 0 radical (unpaired) electrons. The number of hydrogen-bond acceptors (Lipinski definition) is 2. The van der Waals surface area contributed by atoms with E-state index in [1.54, 1.807) is 0 Å². The first-order chi connectivity index (χ1) is 5.54. The Bertz CT molecular complexity index is 150. The second-order valence-corrected chi connectivity index (χ2v) is 3.30. The highest BCUT2D eigenvalue weighted by Crippen LogP contribution is 2.20. The molecule has 0 rings (SSSR count). The van der Waals surface area contributed by atoms with E-state index in [2.05, 4.69) is 4.74 Å². The van der Waals surface area contributed by atoms with Gasteiger partial charge in [-0.3, -0.25) is 9.18 Å². The van der Waals surface area contributed by atoms with Crippen LogP contribution in [0, 0.1) is 0 Å². The maximum absolute atomic E-state index is 11.8. The number of carbonyl (C=O) groups excluding carboxylic acids is 1. The van der Waals surface area contributed by atoms with Crippen LogP contribution >= 0.6 is 11.6 Å². The van der Waals surface area contributed by atoms with Crippen LogP contribution < -0.4 is 0 Å². The summed E-state index contributed by atoms with van der Waals surface area (Å²) in [5, 5.41) is 0.